The molecule has 0 saturated carbocycles. The van der Waals surface area contributed by atoms with Crippen LogP contribution in [0, 0.1) is 0 Å². The number of ether oxygens (including phenoxy) is 1. The fraction of sp³-hybridized carbons (Fsp3) is 0.111. The maximum Gasteiger partial charge on any atom is 0.326 e. The summed E-state index contributed by atoms with van der Waals surface area (Å²) in [4.78, 5) is 48.7. The molecule has 1 amide bonds. The highest BCUT2D eigenvalue weighted by atomic mass is 16.5. The van der Waals surface area contributed by atoms with Gasteiger partial charge in [0.1, 0.15) is 6.54 Å². The molecule has 0 bridgehead atoms. The van der Waals surface area contributed by atoms with Gasteiger partial charge in [0.05, 0.1) is 11.3 Å². The van der Waals surface area contributed by atoms with Crippen LogP contribution in [0.5, 0.6) is 0 Å². The van der Waals surface area contributed by atoms with Crippen molar-refractivity contribution in [1.29, 1.82) is 0 Å². The first-order valence-corrected chi connectivity index (χ1v) is 7.27. The minimum absolute atomic E-state index is 0.260. The van der Waals surface area contributed by atoms with Gasteiger partial charge >= 0.3 is 5.97 Å². The number of carbonyl (C=O) groups excluding carboxylic acids is 4. The summed E-state index contributed by atoms with van der Waals surface area (Å²) in [6.07, 6.45) is 0. The summed E-state index contributed by atoms with van der Waals surface area (Å²) < 4.78 is 4.93. The molecule has 0 radical (unpaired) electrons. The molecule has 3 rings (SSSR count). The Labute approximate surface area is 137 Å². The van der Waals surface area contributed by atoms with Crippen LogP contribution in [0.25, 0.3) is 0 Å². The van der Waals surface area contributed by atoms with Crippen LogP contribution in [-0.2, 0) is 14.3 Å². The summed E-state index contributed by atoms with van der Waals surface area (Å²) in [6, 6.07) is 14.9. The Morgan fingerprint density at radius 1 is 0.917 bits per heavy atom. The molecule has 0 saturated heterocycles. The van der Waals surface area contributed by atoms with E-state index in [1.54, 1.807) is 48.5 Å². The van der Waals surface area contributed by atoms with Crippen molar-refractivity contribution in [2.24, 2.45) is 0 Å². The van der Waals surface area contributed by atoms with Gasteiger partial charge in [-0.05, 0) is 12.1 Å². The van der Waals surface area contributed by atoms with Crippen molar-refractivity contribution in [3.63, 3.8) is 0 Å². The van der Waals surface area contributed by atoms with Gasteiger partial charge in [0.2, 0.25) is 0 Å². The predicted octanol–water partition coefficient (Wildman–Crippen LogP) is 1.64. The Kier molecular flexibility index (Phi) is 4.20. The lowest BCUT2D eigenvalue weighted by molar-refractivity contribution is -0.141. The number of para-hydroxylation sites is 1. The smallest absolute Gasteiger partial charge is 0.326 e. The molecule has 0 atom stereocenters. The van der Waals surface area contributed by atoms with Crippen LogP contribution >= 0.6 is 0 Å². The van der Waals surface area contributed by atoms with Crippen LogP contribution in [0.4, 0.5) is 5.69 Å². The first-order chi connectivity index (χ1) is 11.6. The molecule has 2 aromatic carbocycles. The quantitative estimate of drug-likeness (QED) is 0.475. The highest BCUT2D eigenvalue weighted by Crippen LogP contribution is 2.28. The average Bonchev–Trinajstić information content (AvgIpc) is 2.86. The number of ketones is 2. The summed E-state index contributed by atoms with van der Waals surface area (Å²) in [5.74, 6) is -2.52. The third kappa shape index (κ3) is 2.94. The maximum atomic E-state index is 12.0. The number of hydrogen-bond donors (Lipinski definition) is 0. The van der Waals surface area contributed by atoms with Gasteiger partial charge in [0, 0.05) is 5.56 Å². The molecule has 0 aliphatic carbocycles. The lowest BCUT2D eigenvalue weighted by Crippen LogP contribution is -2.36. The number of esters is 1. The van der Waals surface area contributed by atoms with Crippen molar-refractivity contribution in [1.82, 2.24) is 0 Å². The third-order valence-electron chi connectivity index (χ3n) is 3.63. The van der Waals surface area contributed by atoms with E-state index in [1.807, 2.05) is 0 Å². The van der Waals surface area contributed by atoms with E-state index in [9.17, 15) is 19.2 Å². The van der Waals surface area contributed by atoms with E-state index in [4.69, 9.17) is 4.74 Å². The van der Waals surface area contributed by atoms with E-state index in [1.165, 1.54) is 6.07 Å². The molecule has 120 valence electrons. The van der Waals surface area contributed by atoms with Gasteiger partial charge in [-0.1, -0.05) is 42.5 Å². The second-order valence-corrected chi connectivity index (χ2v) is 5.19. The zero-order valence-electron chi connectivity index (χ0n) is 12.6. The molecule has 0 N–H and O–H groups in total. The van der Waals surface area contributed by atoms with Crippen LogP contribution in [0.15, 0.2) is 54.6 Å². The predicted molar refractivity (Wildman–Crippen MR) is 84.9 cm³/mol. The Morgan fingerprint density at radius 3 is 2.33 bits per heavy atom. The largest absolute Gasteiger partial charge is 0.456 e. The lowest BCUT2D eigenvalue weighted by atomic mass is 10.1. The normalized spacial score (nSPS) is 12.9. The summed E-state index contributed by atoms with van der Waals surface area (Å²) in [6.45, 7) is -0.829. The van der Waals surface area contributed by atoms with Crippen LogP contribution < -0.4 is 4.90 Å². The Morgan fingerprint density at radius 2 is 1.58 bits per heavy atom. The Balaban J connectivity index is 1.63. The summed E-state index contributed by atoms with van der Waals surface area (Å²) in [5, 5.41) is 0. The SMILES string of the molecule is O=C(CN1C(=O)C(=O)c2ccccc21)OCC(=O)c1ccccc1. The molecule has 24 heavy (non-hydrogen) atoms. The number of anilines is 1. The number of amides is 1. The fourth-order valence-corrected chi connectivity index (χ4v) is 2.43. The van der Waals surface area contributed by atoms with Crippen molar-refractivity contribution < 1.29 is 23.9 Å². The minimum atomic E-state index is -0.775. The molecule has 1 aliphatic rings. The van der Waals surface area contributed by atoms with E-state index in [0.29, 0.717) is 11.3 Å². The van der Waals surface area contributed by atoms with Gasteiger partial charge in [-0.2, -0.15) is 0 Å². The molecule has 6 heteroatoms. The molecule has 1 aliphatic heterocycles. The molecule has 0 spiro atoms. The first-order valence-electron chi connectivity index (χ1n) is 7.27. The summed E-state index contributed by atoms with van der Waals surface area (Å²) in [5.41, 5.74) is 1.07. The highest BCUT2D eigenvalue weighted by molar-refractivity contribution is 6.52. The van der Waals surface area contributed by atoms with Gasteiger partial charge < -0.3 is 4.74 Å². The van der Waals surface area contributed by atoms with Gasteiger partial charge in [-0.15, -0.1) is 0 Å². The van der Waals surface area contributed by atoms with Crippen molar-refractivity contribution in [3.05, 3.63) is 65.7 Å². The number of hydrogen-bond acceptors (Lipinski definition) is 5. The minimum Gasteiger partial charge on any atom is -0.456 e. The van der Waals surface area contributed by atoms with E-state index < -0.39 is 30.8 Å². The van der Waals surface area contributed by atoms with Crippen LogP contribution in [0.3, 0.4) is 0 Å². The van der Waals surface area contributed by atoms with Crippen molar-refractivity contribution >= 4 is 29.1 Å². The Hall–Kier alpha value is -3.28. The van der Waals surface area contributed by atoms with Crippen LogP contribution in [0.2, 0.25) is 0 Å². The van der Waals surface area contributed by atoms with Crippen molar-refractivity contribution in [2.75, 3.05) is 18.1 Å². The van der Waals surface area contributed by atoms with E-state index in [-0.39, 0.29) is 11.3 Å². The molecule has 0 fully saturated rings. The highest BCUT2D eigenvalue weighted by Gasteiger charge is 2.36. The third-order valence-corrected chi connectivity index (χ3v) is 3.63. The van der Waals surface area contributed by atoms with E-state index in [2.05, 4.69) is 0 Å². The zero-order chi connectivity index (χ0) is 17.1. The van der Waals surface area contributed by atoms with Gasteiger partial charge in [-0.3, -0.25) is 24.1 Å². The number of Topliss-reactive ketones (excluding diaryl/α,β-unsaturated/α-hetero) is 2. The van der Waals surface area contributed by atoms with Crippen molar-refractivity contribution in [3.8, 4) is 0 Å². The number of nitrogens with zero attached hydrogens (tertiary/aromatic N) is 1. The Bertz CT molecular complexity index is 828. The number of rotatable bonds is 5. The molecular weight excluding hydrogens is 310 g/mol. The molecule has 0 aromatic heterocycles. The standard InChI is InChI=1S/C18H13NO5/c20-15(12-6-2-1-3-7-12)11-24-16(21)10-19-14-9-5-4-8-13(14)17(22)18(19)23/h1-9H,10-11H2. The van der Waals surface area contributed by atoms with Gasteiger partial charge in [0.15, 0.2) is 12.4 Å². The maximum absolute atomic E-state index is 12.0. The summed E-state index contributed by atoms with van der Waals surface area (Å²) >= 11 is 0. The summed E-state index contributed by atoms with van der Waals surface area (Å²) in [7, 11) is 0. The number of fused-ring (bicyclic) bond motifs is 1. The molecular formula is C18H13NO5. The topological polar surface area (TPSA) is 80.8 Å². The second-order valence-electron chi connectivity index (χ2n) is 5.19. The van der Waals surface area contributed by atoms with Crippen LogP contribution in [0.1, 0.15) is 20.7 Å². The second kappa shape index (κ2) is 6.45. The number of benzene rings is 2. The monoisotopic (exact) mass is 323 g/mol. The zero-order valence-corrected chi connectivity index (χ0v) is 12.6. The first kappa shape index (κ1) is 15.6. The lowest BCUT2D eigenvalue weighted by Gasteiger charge is -2.15. The van der Waals surface area contributed by atoms with Crippen molar-refractivity contribution in [2.45, 2.75) is 0 Å². The number of carbonyl (C=O) groups is 4. The van der Waals surface area contributed by atoms with E-state index in [0.717, 1.165) is 4.90 Å². The molecule has 1 heterocycles. The van der Waals surface area contributed by atoms with Gasteiger partial charge in [0.25, 0.3) is 11.7 Å². The molecule has 2 aromatic rings. The fourth-order valence-electron chi connectivity index (χ4n) is 2.43. The van der Waals surface area contributed by atoms with Gasteiger partial charge in [-0.25, -0.2) is 0 Å². The average molecular weight is 323 g/mol. The molecule has 0 unspecified atom stereocenters. The van der Waals surface area contributed by atoms with Crippen LogP contribution in [-0.4, -0.2) is 36.6 Å². The molecule has 6 nitrogen and oxygen atoms in total. The van der Waals surface area contributed by atoms with E-state index >= 15 is 0 Å².